The van der Waals surface area contributed by atoms with Crippen molar-refractivity contribution in [3.63, 3.8) is 0 Å². The molecule has 0 aliphatic rings. The molecule has 0 fully saturated rings. The third-order valence-corrected chi connectivity index (χ3v) is 2.11. The summed E-state index contributed by atoms with van der Waals surface area (Å²) in [5.41, 5.74) is 6.14. The van der Waals surface area contributed by atoms with Crippen LogP contribution in [-0.4, -0.2) is 24.8 Å². The van der Waals surface area contributed by atoms with Gasteiger partial charge in [0.2, 0.25) is 5.88 Å². The summed E-state index contributed by atoms with van der Waals surface area (Å²) in [6.07, 6.45) is 1.52. The van der Waals surface area contributed by atoms with Crippen LogP contribution in [0.2, 0.25) is 0 Å². The molecule has 1 aromatic heterocycles. The maximum Gasteiger partial charge on any atom is 0.228 e. The molecule has 0 saturated heterocycles. The van der Waals surface area contributed by atoms with Crippen molar-refractivity contribution in [2.24, 2.45) is 0 Å². The SMILES string of the molecule is COCC(C)Oc1ncc(N)cc1Br. The number of halogens is 1. The molecule has 1 unspecified atom stereocenters. The lowest BCUT2D eigenvalue weighted by atomic mass is 10.4. The fourth-order valence-electron chi connectivity index (χ4n) is 0.986. The molecule has 0 saturated carbocycles. The van der Waals surface area contributed by atoms with E-state index in [0.29, 0.717) is 18.2 Å². The number of hydrogen-bond donors (Lipinski definition) is 1. The van der Waals surface area contributed by atoms with Crippen molar-refractivity contribution in [2.45, 2.75) is 13.0 Å². The molecule has 1 rings (SSSR count). The molecule has 0 amide bonds. The molecule has 0 bridgehead atoms. The molecule has 1 aromatic rings. The van der Waals surface area contributed by atoms with Gasteiger partial charge in [0.25, 0.3) is 0 Å². The first-order valence-electron chi connectivity index (χ1n) is 4.20. The summed E-state index contributed by atoms with van der Waals surface area (Å²) in [5.74, 6) is 0.531. The van der Waals surface area contributed by atoms with Crippen molar-refractivity contribution < 1.29 is 9.47 Å². The molecule has 0 spiro atoms. The smallest absolute Gasteiger partial charge is 0.228 e. The van der Waals surface area contributed by atoms with Gasteiger partial charge in [0, 0.05) is 7.11 Å². The quantitative estimate of drug-likeness (QED) is 0.898. The number of pyridine rings is 1. The third kappa shape index (κ3) is 3.16. The molecule has 2 N–H and O–H groups in total. The van der Waals surface area contributed by atoms with Crippen LogP contribution in [0, 0.1) is 0 Å². The zero-order valence-corrected chi connectivity index (χ0v) is 9.74. The van der Waals surface area contributed by atoms with Gasteiger partial charge in [-0.05, 0) is 28.9 Å². The van der Waals surface area contributed by atoms with Crippen LogP contribution in [0.4, 0.5) is 5.69 Å². The van der Waals surface area contributed by atoms with Gasteiger partial charge in [-0.2, -0.15) is 0 Å². The average molecular weight is 261 g/mol. The molecule has 1 heterocycles. The Kier molecular flexibility index (Phi) is 4.16. The summed E-state index contributed by atoms with van der Waals surface area (Å²) in [7, 11) is 1.63. The van der Waals surface area contributed by atoms with Crippen LogP contribution in [0.3, 0.4) is 0 Å². The number of nitrogen functional groups attached to an aromatic ring is 1. The number of ether oxygens (including phenoxy) is 2. The Balaban J connectivity index is 2.67. The maximum absolute atomic E-state index is 5.54. The summed E-state index contributed by atoms with van der Waals surface area (Å²) < 4.78 is 11.2. The fourth-order valence-corrected chi connectivity index (χ4v) is 1.45. The van der Waals surface area contributed by atoms with Crippen molar-refractivity contribution in [1.82, 2.24) is 4.98 Å². The summed E-state index contributed by atoms with van der Waals surface area (Å²) in [6.45, 7) is 2.44. The molecule has 1 atom stereocenters. The van der Waals surface area contributed by atoms with Crippen LogP contribution < -0.4 is 10.5 Å². The van der Waals surface area contributed by atoms with Gasteiger partial charge in [-0.25, -0.2) is 4.98 Å². The lowest BCUT2D eigenvalue weighted by Gasteiger charge is -2.13. The summed E-state index contributed by atoms with van der Waals surface area (Å²) in [4.78, 5) is 4.05. The number of nitrogens with zero attached hydrogens (tertiary/aromatic N) is 1. The van der Waals surface area contributed by atoms with Crippen LogP contribution in [0.1, 0.15) is 6.92 Å². The van der Waals surface area contributed by atoms with E-state index in [4.69, 9.17) is 15.2 Å². The van der Waals surface area contributed by atoms with E-state index in [1.165, 1.54) is 0 Å². The van der Waals surface area contributed by atoms with E-state index in [1.807, 2.05) is 6.92 Å². The van der Waals surface area contributed by atoms with E-state index < -0.39 is 0 Å². The number of hydrogen-bond acceptors (Lipinski definition) is 4. The molecule has 0 radical (unpaired) electrons. The van der Waals surface area contributed by atoms with Crippen LogP contribution in [0.5, 0.6) is 5.88 Å². The average Bonchev–Trinajstić information content (AvgIpc) is 2.10. The zero-order valence-electron chi connectivity index (χ0n) is 8.16. The predicted octanol–water partition coefficient (Wildman–Crippen LogP) is 1.84. The molecule has 78 valence electrons. The molecular formula is C9H13BrN2O2. The molecule has 0 aromatic carbocycles. The van der Waals surface area contributed by atoms with Crippen LogP contribution >= 0.6 is 15.9 Å². The van der Waals surface area contributed by atoms with E-state index in [9.17, 15) is 0 Å². The highest BCUT2D eigenvalue weighted by molar-refractivity contribution is 9.10. The van der Waals surface area contributed by atoms with Gasteiger partial charge in [-0.15, -0.1) is 0 Å². The minimum Gasteiger partial charge on any atom is -0.471 e. The Hall–Kier alpha value is -0.810. The van der Waals surface area contributed by atoms with Gasteiger partial charge in [0.1, 0.15) is 6.10 Å². The minimum absolute atomic E-state index is 0.0348. The normalized spacial score (nSPS) is 12.5. The van der Waals surface area contributed by atoms with Crippen LogP contribution in [0.25, 0.3) is 0 Å². The maximum atomic E-state index is 5.54. The predicted molar refractivity (Wildman–Crippen MR) is 58.3 cm³/mol. The fraction of sp³-hybridized carbons (Fsp3) is 0.444. The Morgan fingerprint density at radius 2 is 2.36 bits per heavy atom. The van der Waals surface area contributed by atoms with Crippen molar-refractivity contribution in [3.05, 3.63) is 16.7 Å². The third-order valence-electron chi connectivity index (χ3n) is 1.54. The molecule has 0 aliphatic carbocycles. The van der Waals surface area contributed by atoms with E-state index in [1.54, 1.807) is 19.4 Å². The van der Waals surface area contributed by atoms with Crippen LogP contribution in [-0.2, 0) is 4.74 Å². The van der Waals surface area contributed by atoms with Crippen LogP contribution in [0.15, 0.2) is 16.7 Å². The minimum atomic E-state index is -0.0348. The Labute approximate surface area is 91.5 Å². The Morgan fingerprint density at radius 3 is 2.93 bits per heavy atom. The van der Waals surface area contributed by atoms with Crippen molar-refractivity contribution in [2.75, 3.05) is 19.5 Å². The molecule has 4 nitrogen and oxygen atoms in total. The summed E-state index contributed by atoms with van der Waals surface area (Å²) in [5, 5.41) is 0. The van der Waals surface area contributed by atoms with Gasteiger partial charge in [-0.1, -0.05) is 0 Å². The van der Waals surface area contributed by atoms with E-state index in [0.717, 1.165) is 4.47 Å². The standard InChI is InChI=1S/C9H13BrN2O2/c1-6(5-13-2)14-9-8(10)3-7(11)4-12-9/h3-4,6H,5,11H2,1-2H3. The number of methoxy groups -OCH3 is 1. The molecule has 14 heavy (non-hydrogen) atoms. The van der Waals surface area contributed by atoms with Crippen molar-refractivity contribution in [1.29, 1.82) is 0 Å². The number of aromatic nitrogens is 1. The van der Waals surface area contributed by atoms with Gasteiger partial charge in [-0.3, -0.25) is 0 Å². The second kappa shape index (κ2) is 5.17. The van der Waals surface area contributed by atoms with E-state index in [-0.39, 0.29) is 6.10 Å². The highest BCUT2D eigenvalue weighted by Gasteiger charge is 2.08. The number of nitrogens with two attached hydrogens (primary N) is 1. The monoisotopic (exact) mass is 260 g/mol. The topological polar surface area (TPSA) is 57.4 Å². The first kappa shape index (κ1) is 11.3. The van der Waals surface area contributed by atoms with Crippen molar-refractivity contribution in [3.8, 4) is 5.88 Å². The van der Waals surface area contributed by atoms with Gasteiger partial charge >= 0.3 is 0 Å². The first-order chi connectivity index (χ1) is 6.63. The largest absolute Gasteiger partial charge is 0.471 e. The van der Waals surface area contributed by atoms with E-state index >= 15 is 0 Å². The van der Waals surface area contributed by atoms with Gasteiger partial charge < -0.3 is 15.2 Å². The lowest BCUT2D eigenvalue weighted by molar-refractivity contribution is 0.0884. The second-order valence-electron chi connectivity index (χ2n) is 2.94. The molecular weight excluding hydrogens is 248 g/mol. The van der Waals surface area contributed by atoms with Gasteiger partial charge in [0.05, 0.1) is 23.0 Å². The Morgan fingerprint density at radius 1 is 1.64 bits per heavy atom. The number of anilines is 1. The first-order valence-corrected chi connectivity index (χ1v) is 4.99. The second-order valence-corrected chi connectivity index (χ2v) is 3.79. The van der Waals surface area contributed by atoms with Gasteiger partial charge in [0.15, 0.2) is 0 Å². The van der Waals surface area contributed by atoms with E-state index in [2.05, 4.69) is 20.9 Å². The highest BCUT2D eigenvalue weighted by atomic mass is 79.9. The molecule has 5 heteroatoms. The zero-order chi connectivity index (χ0) is 10.6. The summed E-state index contributed by atoms with van der Waals surface area (Å²) in [6, 6.07) is 1.75. The van der Waals surface area contributed by atoms with Crippen molar-refractivity contribution >= 4 is 21.6 Å². The lowest BCUT2D eigenvalue weighted by Crippen LogP contribution is -2.18. The molecule has 0 aliphatic heterocycles. The Bertz CT molecular complexity index is 307. The number of rotatable bonds is 4. The summed E-state index contributed by atoms with van der Waals surface area (Å²) >= 11 is 3.32. The highest BCUT2D eigenvalue weighted by Crippen LogP contribution is 2.24.